The van der Waals surface area contributed by atoms with E-state index in [1.807, 2.05) is 0 Å². The lowest BCUT2D eigenvalue weighted by molar-refractivity contribution is -0.167. The predicted molar refractivity (Wildman–Crippen MR) is 329 cm³/mol. The molecule has 0 aromatic carbocycles. The molecule has 76 heavy (non-hydrogen) atoms. The minimum Gasteiger partial charge on any atom is -0.462 e. The molecule has 1 unspecified atom stereocenters. The number of carbonyl (C=O) groups excluding carboxylic acids is 3. The average molecular weight is 1040 g/mol. The lowest BCUT2D eigenvalue weighted by Gasteiger charge is -2.18. The third kappa shape index (κ3) is 59.4. The van der Waals surface area contributed by atoms with Crippen LogP contribution in [0.15, 0.2) is 182 Å². The fourth-order valence-corrected chi connectivity index (χ4v) is 7.26. The van der Waals surface area contributed by atoms with E-state index in [0.29, 0.717) is 19.3 Å². The van der Waals surface area contributed by atoms with Gasteiger partial charge in [-0.3, -0.25) is 14.4 Å². The van der Waals surface area contributed by atoms with Gasteiger partial charge in [0.2, 0.25) is 0 Å². The Morgan fingerprint density at radius 2 is 0.513 bits per heavy atom. The van der Waals surface area contributed by atoms with Crippen LogP contribution in [-0.2, 0) is 28.6 Å². The molecule has 0 N–H and O–H groups in total. The summed E-state index contributed by atoms with van der Waals surface area (Å²) in [6.07, 6.45) is 93.5. The molecule has 0 fully saturated rings. The highest BCUT2D eigenvalue weighted by molar-refractivity contribution is 5.71. The summed E-state index contributed by atoms with van der Waals surface area (Å²) in [5.41, 5.74) is 0. The first-order valence-electron chi connectivity index (χ1n) is 29.8. The molecule has 0 saturated heterocycles. The fraction of sp³-hybridized carbons (Fsp3) is 0.529. The summed E-state index contributed by atoms with van der Waals surface area (Å²) in [4.78, 5) is 37.9. The summed E-state index contributed by atoms with van der Waals surface area (Å²) in [6, 6.07) is 0. The second-order valence-electron chi connectivity index (χ2n) is 18.8. The van der Waals surface area contributed by atoms with E-state index in [1.165, 1.54) is 19.3 Å². The van der Waals surface area contributed by atoms with E-state index in [9.17, 15) is 14.4 Å². The van der Waals surface area contributed by atoms with Crippen LogP contribution in [0, 0.1) is 0 Å². The molecule has 6 heteroatoms. The van der Waals surface area contributed by atoms with Gasteiger partial charge >= 0.3 is 17.9 Å². The largest absolute Gasteiger partial charge is 0.462 e. The maximum Gasteiger partial charge on any atom is 0.306 e. The van der Waals surface area contributed by atoms with Crippen molar-refractivity contribution in [3.05, 3.63) is 182 Å². The molecule has 0 radical (unpaired) electrons. The lowest BCUT2D eigenvalue weighted by atomic mass is 10.1. The molecule has 1 atom stereocenters. The average Bonchev–Trinajstić information content (AvgIpc) is 3.42. The van der Waals surface area contributed by atoms with E-state index in [-0.39, 0.29) is 37.5 Å². The van der Waals surface area contributed by atoms with Crippen LogP contribution in [0.2, 0.25) is 0 Å². The SMILES string of the molecule is CC/C=C\C/C=C\C/C=C\C/C=C\C/C=C\C/C=C\C/C=C\C/C=C\C/C=C\CCCCCC(=O)OCC(COC(=O)CCCCCCCC)OC(=O)CCCC/C=C\C/C=C\C/C=C\C/C=C\C/C=C\C/C=C\CC. The number of rotatable bonds is 51. The van der Waals surface area contributed by atoms with Crippen molar-refractivity contribution in [2.24, 2.45) is 0 Å². The van der Waals surface area contributed by atoms with Crippen LogP contribution >= 0.6 is 0 Å². The van der Waals surface area contributed by atoms with Gasteiger partial charge in [-0.15, -0.1) is 0 Å². The second-order valence-corrected chi connectivity index (χ2v) is 18.8. The Bertz CT molecular complexity index is 1820. The Kier molecular flexibility index (Phi) is 57.6. The predicted octanol–water partition coefficient (Wildman–Crippen LogP) is 20.5. The van der Waals surface area contributed by atoms with E-state index < -0.39 is 6.10 Å². The Labute approximate surface area is 465 Å². The van der Waals surface area contributed by atoms with Crippen molar-refractivity contribution in [3.63, 3.8) is 0 Å². The monoisotopic (exact) mass is 1040 g/mol. The Morgan fingerprint density at radius 1 is 0.276 bits per heavy atom. The number of hydrogen-bond acceptors (Lipinski definition) is 6. The zero-order valence-corrected chi connectivity index (χ0v) is 48.2. The molecule has 0 aromatic rings. The molecular weight excluding hydrogens is 937 g/mol. The molecular formula is C70H106O6. The first kappa shape index (κ1) is 70.5. The number of carbonyl (C=O) groups is 3. The van der Waals surface area contributed by atoms with Crippen molar-refractivity contribution in [2.45, 2.75) is 226 Å². The van der Waals surface area contributed by atoms with E-state index in [4.69, 9.17) is 14.2 Å². The highest BCUT2D eigenvalue weighted by atomic mass is 16.6. The van der Waals surface area contributed by atoms with Gasteiger partial charge < -0.3 is 14.2 Å². The van der Waals surface area contributed by atoms with Crippen LogP contribution in [0.25, 0.3) is 0 Å². The fourth-order valence-electron chi connectivity index (χ4n) is 7.26. The van der Waals surface area contributed by atoms with E-state index in [2.05, 4.69) is 203 Å². The van der Waals surface area contributed by atoms with E-state index in [0.717, 1.165) is 154 Å². The Morgan fingerprint density at radius 3 is 0.829 bits per heavy atom. The zero-order chi connectivity index (χ0) is 55.0. The first-order valence-corrected chi connectivity index (χ1v) is 29.8. The Balaban J connectivity index is 4.32. The maximum absolute atomic E-state index is 12.8. The summed E-state index contributed by atoms with van der Waals surface area (Å²) in [5, 5.41) is 0. The summed E-state index contributed by atoms with van der Waals surface area (Å²) >= 11 is 0. The van der Waals surface area contributed by atoms with Crippen molar-refractivity contribution in [1.82, 2.24) is 0 Å². The Hall–Kier alpha value is -5.49. The van der Waals surface area contributed by atoms with Crippen LogP contribution in [0.5, 0.6) is 0 Å². The minimum atomic E-state index is -0.822. The van der Waals surface area contributed by atoms with Crippen LogP contribution in [0.4, 0.5) is 0 Å². The molecule has 0 aliphatic heterocycles. The van der Waals surface area contributed by atoms with Gasteiger partial charge in [0.25, 0.3) is 0 Å². The summed E-state index contributed by atoms with van der Waals surface area (Å²) in [7, 11) is 0. The summed E-state index contributed by atoms with van der Waals surface area (Å²) in [5.74, 6) is -1.02. The second kappa shape index (κ2) is 62.1. The molecule has 0 heterocycles. The lowest BCUT2D eigenvalue weighted by Crippen LogP contribution is -2.30. The number of unbranched alkanes of at least 4 members (excludes halogenated alkanes) is 10. The normalized spacial score (nSPS) is 13.5. The van der Waals surface area contributed by atoms with Crippen molar-refractivity contribution < 1.29 is 28.6 Å². The number of allylic oxidation sites excluding steroid dienone is 30. The number of ether oxygens (including phenoxy) is 3. The summed E-state index contributed by atoms with van der Waals surface area (Å²) < 4.78 is 16.7. The molecule has 0 aliphatic carbocycles. The highest BCUT2D eigenvalue weighted by Crippen LogP contribution is 2.11. The summed E-state index contributed by atoms with van der Waals surface area (Å²) in [6.45, 7) is 6.26. The van der Waals surface area contributed by atoms with E-state index >= 15 is 0 Å². The van der Waals surface area contributed by atoms with Gasteiger partial charge in [0.1, 0.15) is 13.2 Å². The number of hydrogen-bond donors (Lipinski definition) is 0. The smallest absolute Gasteiger partial charge is 0.306 e. The van der Waals surface area contributed by atoms with Crippen LogP contribution in [0.3, 0.4) is 0 Å². The quantitative estimate of drug-likeness (QED) is 0.0261. The third-order valence-electron chi connectivity index (χ3n) is 11.7. The van der Waals surface area contributed by atoms with Gasteiger partial charge in [0, 0.05) is 19.3 Å². The van der Waals surface area contributed by atoms with Crippen LogP contribution < -0.4 is 0 Å². The molecule has 0 spiro atoms. The zero-order valence-electron chi connectivity index (χ0n) is 48.2. The van der Waals surface area contributed by atoms with Gasteiger partial charge in [0.05, 0.1) is 0 Å². The topological polar surface area (TPSA) is 78.9 Å². The van der Waals surface area contributed by atoms with E-state index in [1.54, 1.807) is 0 Å². The molecule has 0 rings (SSSR count). The van der Waals surface area contributed by atoms with Gasteiger partial charge in [-0.05, 0) is 141 Å². The maximum atomic E-state index is 12.8. The molecule has 0 aliphatic rings. The molecule has 6 nitrogen and oxygen atoms in total. The molecule has 0 aromatic heterocycles. The van der Waals surface area contributed by atoms with Gasteiger partial charge in [0.15, 0.2) is 6.10 Å². The van der Waals surface area contributed by atoms with Crippen molar-refractivity contribution in [1.29, 1.82) is 0 Å². The van der Waals surface area contributed by atoms with Gasteiger partial charge in [-0.1, -0.05) is 242 Å². The van der Waals surface area contributed by atoms with Crippen LogP contribution in [0.1, 0.15) is 220 Å². The molecule has 0 saturated carbocycles. The minimum absolute atomic E-state index is 0.116. The van der Waals surface area contributed by atoms with Crippen molar-refractivity contribution >= 4 is 17.9 Å². The van der Waals surface area contributed by atoms with Gasteiger partial charge in [-0.25, -0.2) is 0 Å². The van der Waals surface area contributed by atoms with Gasteiger partial charge in [-0.2, -0.15) is 0 Å². The molecule has 0 amide bonds. The third-order valence-corrected chi connectivity index (χ3v) is 11.7. The van der Waals surface area contributed by atoms with Crippen molar-refractivity contribution in [2.75, 3.05) is 13.2 Å². The van der Waals surface area contributed by atoms with Crippen molar-refractivity contribution in [3.8, 4) is 0 Å². The first-order chi connectivity index (χ1) is 37.5. The standard InChI is InChI=1S/C70H106O6/c1-4-7-10-13-16-18-20-22-24-26-28-30-31-32-33-34-35-36-37-38-39-41-42-44-46-48-50-52-54-57-60-63-69(72)75-66-67(65-74-68(71)62-59-56-15-12-9-6-3)76-70(73)64-61-58-55-53-51-49-47-45-43-40-29-27-25-23-21-19-17-14-11-8-5-2/h7-8,10-11,16-19,22-25,28-30,32-33,35-36,38-40,42,44-45,47-48,50-51,53,67H,4-6,9,12-15,20-21,26-27,31,34,37,41,43,46,49,52,54-66H2,1-3H3/b10-7-,11-8-,18-16-,19-17-,24-22-,25-23-,30-28-,33-32-,36-35-,39-38-,40-29-,44-42-,47-45-,50-48-,53-51-. The molecule has 422 valence electrons. The molecule has 0 bridgehead atoms. The number of esters is 3. The van der Waals surface area contributed by atoms with Crippen LogP contribution in [-0.4, -0.2) is 37.2 Å². The highest BCUT2D eigenvalue weighted by Gasteiger charge is 2.19.